The first-order valence-electron chi connectivity index (χ1n) is 7.74. The van der Waals surface area contributed by atoms with Crippen LogP contribution in [0.2, 0.25) is 0 Å². The highest BCUT2D eigenvalue weighted by Crippen LogP contribution is 2.26. The third-order valence-electron chi connectivity index (χ3n) is 4.18. The van der Waals surface area contributed by atoms with Crippen molar-refractivity contribution >= 4 is 6.09 Å². The molecule has 0 aromatic rings. The summed E-state index contributed by atoms with van der Waals surface area (Å²) in [4.78, 5) is 13.8. The first-order valence-corrected chi connectivity index (χ1v) is 7.74. The van der Waals surface area contributed by atoms with Gasteiger partial charge in [0.2, 0.25) is 0 Å². The molecule has 0 aromatic heterocycles. The molecule has 2 aliphatic rings. The standard InChI is InChI=1S/C15H28N2O3/c1-15(2,3)20-14(19)17-8-7-12(9-17)16-13-6-4-5-11(13)10-18/h11-13,16,18H,4-10H2,1-3H3. The van der Waals surface area contributed by atoms with Crippen molar-refractivity contribution in [1.29, 1.82) is 0 Å². The second-order valence-corrected chi connectivity index (χ2v) is 7.06. The van der Waals surface area contributed by atoms with Crippen molar-refractivity contribution in [3.8, 4) is 0 Å². The molecule has 0 aromatic carbocycles. The zero-order chi connectivity index (χ0) is 14.8. The fourth-order valence-electron chi connectivity index (χ4n) is 3.17. The minimum Gasteiger partial charge on any atom is -0.444 e. The van der Waals surface area contributed by atoms with Gasteiger partial charge in [-0.1, -0.05) is 6.42 Å². The average Bonchev–Trinajstić information content (AvgIpc) is 2.96. The van der Waals surface area contributed by atoms with Crippen LogP contribution < -0.4 is 5.32 Å². The molecule has 1 aliphatic heterocycles. The third kappa shape index (κ3) is 4.09. The molecule has 3 unspecified atom stereocenters. The summed E-state index contributed by atoms with van der Waals surface area (Å²) in [5, 5.41) is 13.0. The van der Waals surface area contributed by atoms with E-state index in [1.807, 2.05) is 20.8 Å². The molecule has 0 radical (unpaired) electrons. The number of likely N-dealkylation sites (tertiary alicyclic amines) is 1. The van der Waals surface area contributed by atoms with Crippen molar-refractivity contribution in [3.63, 3.8) is 0 Å². The molecule has 2 N–H and O–H groups in total. The Balaban J connectivity index is 1.79. The number of hydrogen-bond acceptors (Lipinski definition) is 4. The molecule has 0 bridgehead atoms. The van der Waals surface area contributed by atoms with Crippen molar-refractivity contribution in [3.05, 3.63) is 0 Å². The number of nitrogens with zero attached hydrogens (tertiary/aromatic N) is 1. The molecule has 116 valence electrons. The molecule has 1 saturated carbocycles. The van der Waals surface area contributed by atoms with Crippen LogP contribution in [0.15, 0.2) is 0 Å². The van der Waals surface area contributed by atoms with Crippen LogP contribution in [-0.4, -0.2) is 53.5 Å². The number of rotatable bonds is 3. The summed E-state index contributed by atoms with van der Waals surface area (Å²) in [5.41, 5.74) is -0.434. The summed E-state index contributed by atoms with van der Waals surface area (Å²) in [6, 6.07) is 0.739. The Morgan fingerprint density at radius 2 is 2.10 bits per heavy atom. The molecule has 5 nitrogen and oxygen atoms in total. The highest BCUT2D eigenvalue weighted by Gasteiger charge is 2.33. The molecule has 1 heterocycles. The van der Waals surface area contributed by atoms with Gasteiger partial charge >= 0.3 is 6.09 Å². The Kier molecular flexibility index (Phi) is 4.91. The molecule has 2 fully saturated rings. The Labute approximate surface area is 121 Å². The van der Waals surface area contributed by atoms with Crippen LogP contribution in [0.1, 0.15) is 46.5 Å². The molecule has 20 heavy (non-hydrogen) atoms. The predicted octanol–water partition coefficient (Wildman–Crippen LogP) is 1.75. The first kappa shape index (κ1) is 15.6. The fraction of sp³-hybridized carbons (Fsp3) is 0.933. The van der Waals surface area contributed by atoms with Crippen LogP contribution in [0.3, 0.4) is 0 Å². The van der Waals surface area contributed by atoms with E-state index in [-0.39, 0.29) is 12.7 Å². The smallest absolute Gasteiger partial charge is 0.410 e. The highest BCUT2D eigenvalue weighted by molar-refractivity contribution is 5.68. The number of nitrogens with one attached hydrogen (secondary N) is 1. The summed E-state index contributed by atoms with van der Waals surface area (Å²) in [6.07, 6.45) is 4.18. The maximum absolute atomic E-state index is 12.0. The maximum atomic E-state index is 12.0. The molecular formula is C15H28N2O3. The van der Waals surface area contributed by atoms with E-state index < -0.39 is 5.60 Å². The Morgan fingerprint density at radius 3 is 2.75 bits per heavy atom. The number of amides is 1. The van der Waals surface area contributed by atoms with E-state index in [1.54, 1.807) is 4.90 Å². The van der Waals surface area contributed by atoms with Crippen LogP contribution in [0.4, 0.5) is 4.79 Å². The Bertz CT molecular complexity index is 341. The largest absolute Gasteiger partial charge is 0.444 e. The molecule has 5 heteroatoms. The number of carbonyl (C=O) groups is 1. The maximum Gasteiger partial charge on any atom is 0.410 e. The topological polar surface area (TPSA) is 61.8 Å². The number of carbonyl (C=O) groups excluding carboxylic acids is 1. The number of ether oxygens (including phenoxy) is 1. The molecule has 1 amide bonds. The monoisotopic (exact) mass is 284 g/mol. The Morgan fingerprint density at radius 1 is 1.35 bits per heavy atom. The molecule has 2 rings (SSSR count). The van der Waals surface area contributed by atoms with Crippen molar-refractivity contribution in [2.24, 2.45) is 5.92 Å². The van der Waals surface area contributed by atoms with E-state index in [1.165, 1.54) is 6.42 Å². The fourth-order valence-corrected chi connectivity index (χ4v) is 3.17. The van der Waals surface area contributed by atoms with E-state index in [9.17, 15) is 9.90 Å². The van der Waals surface area contributed by atoms with Gasteiger partial charge in [-0.15, -0.1) is 0 Å². The van der Waals surface area contributed by atoms with Crippen LogP contribution in [-0.2, 0) is 4.74 Å². The second kappa shape index (κ2) is 6.31. The van der Waals surface area contributed by atoms with Gasteiger partial charge in [-0.2, -0.15) is 0 Å². The molecule has 1 saturated heterocycles. The van der Waals surface area contributed by atoms with Gasteiger partial charge in [-0.05, 0) is 46.0 Å². The van der Waals surface area contributed by atoms with Gasteiger partial charge in [0, 0.05) is 31.8 Å². The minimum absolute atomic E-state index is 0.216. The third-order valence-corrected chi connectivity index (χ3v) is 4.18. The molecule has 0 spiro atoms. The predicted molar refractivity (Wildman–Crippen MR) is 77.6 cm³/mol. The first-order chi connectivity index (χ1) is 9.39. The molecule has 1 aliphatic carbocycles. The minimum atomic E-state index is -0.434. The zero-order valence-corrected chi connectivity index (χ0v) is 12.9. The highest BCUT2D eigenvalue weighted by atomic mass is 16.6. The quantitative estimate of drug-likeness (QED) is 0.829. The van der Waals surface area contributed by atoms with E-state index >= 15 is 0 Å². The zero-order valence-electron chi connectivity index (χ0n) is 12.9. The summed E-state index contributed by atoms with van der Waals surface area (Å²) >= 11 is 0. The molecule has 3 atom stereocenters. The van der Waals surface area contributed by atoms with E-state index in [0.29, 0.717) is 24.5 Å². The lowest BCUT2D eigenvalue weighted by atomic mass is 10.0. The summed E-state index contributed by atoms with van der Waals surface area (Å²) < 4.78 is 5.40. The lowest BCUT2D eigenvalue weighted by Crippen LogP contribution is -2.44. The van der Waals surface area contributed by atoms with Gasteiger partial charge in [0.1, 0.15) is 5.60 Å². The van der Waals surface area contributed by atoms with Crippen LogP contribution in [0.5, 0.6) is 0 Å². The number of aliphatic hydroxyl groups excluding tert-OH is 1. The van der Waals surface area contributed by atoms with Crippen LogP contribution in [0, 0.1) is 5.92 Å². The average molecular weight is 284 g/mol. The van der Waals surface area contributed by atoms with Crippen molar-refractivity contribution in [1.82, 2.24) is 10.2 Å². The second-order valence-electron chi connectivity index (χ2n) is 7.06. The van der Waals surface area contributed by atoms with E-state index in [2.05, 4.69) is 5.32 Å². The Hall–Kier alpha value is -0.810. The van der Waals surface area contributed by atoms with Gasteiger partial charge < -0.3 is 20.1 Å². The number of hydrogen-bond donors (Lipinski definition) is 2. The lowest BCUT2D eigenvalue weighted by molar-refractivity contribution is 0.0289. The van der Waals surface area contributed by atoms with Crippen LogP contribution in [0.25, 0.3) is 0 Å². The SMILES string of the molecule is CC(C)(C)OC(=O)N1CCC(NC2CCCC2CO)C1. The van der Waals surface area contributed by atoms with Gasteiger partial charge in [0.05, 0.1) is 0 Å². The summed E-state index contributed by atoms with van der Waals surface area (Å²) in [6.45, 7) is 7.40. The van der Waals surface area contributed by atoms with E-state index in [4.69, 9.17) is 4.74 Å². The van der Waals surface area contributed by atoms with Crippen LogP contribution >= 0.6 is 0 Å². The molecular weight excluding hydrogens is 256 g/mol. The van der Waals surface area contributed by atoms with Gasteiger partial charge in [-0.25, -0.2) is 4.79 Å². The lowest BCUT2D eigenvalue weighted by Gasteiger charge is -2.26. The van der Waals surface area contributed by atoms with Crippen molar-refractivity contribution in [2.45, 2.75) is 64.1 Å². The van der Waals surface area contributed by atoms with Crippen molar-refractivity contribution < 1.29 is 14.6 Å². The summed E-state index contributed by atoms with van der Waals surface area (Å²) in [7, 11) is 0. The summed E-state index contributed by atoms with van der Waals surface area (Å²) in [5.74, 6) is 0.380. The normalized spacial score (nSPS) is 30.8. The van der Waals surface area contributed by atoms with Gasteiger partial charge in [0.15, 0.2) is 0 Å². The van der Waals surface area contributed by atoms with Gasteiger partial charge in [0.25, 0.3) is 0 Å². The van der Waals surface area contributed by atoms with Gasteiger partial charge in [-0.3, -0.25) is 0 Å². The van der Waals surface area contributed by atoms with Crippen molar-refractivity contribution in [2.75, 3.05) is 19.7 Å². The number of aliphatic hydroxyl groups is 1. The van der Waals surface area contributed by atoms with E-state index in [0.717, 1.165) is 25.8 Å².